The fourth-order valence-electron chi connectivity index (χ4n) is 2.54. The van der Waals surface area contributed by atoms with Crippen LogP contribution in [0.15, 0.2) is 41.3 Å². The Bertz CT molecular complexity index is 801. The van der Waals surface area contributed by atoms with Crippen LogP contribution in [-0.2, 0) is 13.1 Å². The SMILES string of the molecule is Cc1cc(C)n(Cc2ccc(C(=O)NCCCn3ccnc3)o2)n1. The molecule has 126 valence electrons. The van der Waals surface area contributed by atoms with Crippen LogP contribution in [0.1, 0.15) is 34.1 Å². The fourth-order valence-corrected chi connectivity index (χ4v) is 2.54. The molecule has 0 aliphatic rings. The van der Waals surface area contributed by atoms with Gasteiger partial charge in [-0.3, -0.25) is 9.48 Å². The van der Waals surface area contributed by atoms with Crippen molar-refractivity contribution in [1.29, 1.82) is 0 Å². The first-order chi connectivity index (χ1) is 11.6. The van der Waals surface area contributed by atoms with Crippen LogP contribution in [0.2, 0.25) is 0 Å². The van der Waals surface area contributed by atoms with E-state index in [1.54, 1.807) is 18.6 Å². The normalized spacial score (nSPS) is 10.9. The van der Waals surface area contributed by atoms with Gasteiger partial charge in [0.25, 0.3) is 5.91 Å². The highest BCUT2D eigenvalue weighted by molar-refractivity contribution is 5.91. The second kappa shape index (κ2) is 7.16. The zero-order valence-electron chi connectivity index (χ0n) is 13.9. The largest absolute Gasteiger partial charge is 0.454 e. The molecule has 0 saturated heterocycles. The van der Waals surface area contributed by atoms with Crippen LogP contribution in [-0.4, -0.2) is 31.8 Å². The zero-order valence-corrected chi connectivity index (χ0v) is 13.9. The first-order valence-electron chi connectivity index (χ1n) is 7.95. The molecule has 3 aromatic rings. The Labute approximate surface area is 140 Å². The topological polar surface area (TPSA) is 77.9 Å². The number of carbonyl (C=O) groups is 1. The molecule has 0 atom stereocenters. The summed E-state index contributed by atoms with van der Waals surface area (Å²) in [6.45, 7) is 5.88. The molecule has 24 heavy (non-hydrogen) atoms. The molecule has 0 bridgehead atoms. The standard InChI is InChI=1S/C17H21N5O2/c1-13-10-14(2)22(20-13)11-15-4-5-16(24-15)17(23)19-6-3-8-21-9-7-18-12-21/h4-5,7,9-10,12H,3,6,8,11H2,1-2H3,(H,19,23). The van der Waals surface area contributed by atoms with Crippen LogP contribution in [0.25, 0.3) is 0 Å². The summed E-state index contributed by atoms with van der Waals surface area (Å²) in [4.78, 5) is 16.1. The Morgan fingerprint density at radius 1 is 1.33 bits per heavy atom. The summed E-state index contributed by atoms with van der Waals surface area (Å²) < 4.78 is 9.47. The average Bonchev–Trinajstić information content (AvgIpc) is 3.27. The van der Waals surface area contributed by atoms with E-state index in [1.807, 2.05) is 41.4 Å². The molecular formula is C17H21N5O2. The van der Waals surface area contributed by atoms with Crippen LogP contribution in [0.3, 0.4) is 0 Å². The van der Waals surface area contributed by atoms with Gasteiger partial charge in [-0.15, -0.1) is 0 Å². The lowest BCUT2D eigenvalue weighted by Crippen LogP contribution is -2.24. The molecule has 7 heteroatoms. The van der Waals surface area contributed by atoms with Gasteiger partial charge in [0.1, 0.15) is 5.76 Å². The van der Waals surface area contributed by atoms with Crippen molar-refractivity contribution in [3.8, 4) is 0 Å². The van der Waals surface area contributed by atoms with Crippen molar-refractivity contribution < 1.29 is 9.21 Å². The Hall–Kier alpha value is -2.83. The van der Waals surface area contributed by atoms with Gasteiger partial charge in [0.2, 0.25) is 0 Å². The molecule has 0 aromatic carbocycles. The van der Waals surface area contributed by atoms with E-state index in [-0.39, 0.29) is 5.91 Å². The molecule has 0 aliphatic carbocycles. The second-order valence-corrected chi connectivity index (χ2v) is 5.76. The van der Waals surface area contributed by atoms with Gasteiger partial charge in [-0.1, -0.05) is 0 Å². The van der Waals surface area contributed by atoms with Gasteiger partial charge in [-0.25, -0.2) is 4.98 Å². The number of aromatic nitrogens is 4. The molecule has 7 nitrogen and oxygen atoms in total. The minimum atomic E-state index is -0.194. The molecule has 0 unspecified atom stereocenters. The zero-order chi connectivity index (χ0) is 16.9. The lowest BCUT2D eigenvalue weighted by molar-refractivity contribution is 0.0923. The van der Waals surface area contributed by atoms with Crippen LogP contribution < -0.4 is 5.32 Å². The summed E-state index contributed by atoms with van der Waals surface area (Å²) in [7, 11) is 0. The summed E-state index contributed by atoms with van der Waals surface area (Å²) in [6, 6.07) is 5.53. The molecule has 0 spiro atoms. The van der Waals surface area contributed by atoms with E-state index in [2.05, 4.69) is 15.4 Å². The first kappa shape index (κ1) is 16.0. The molecule has 0 saturated carbocycles. The number of aryl methyl sites for hydroxylation is 3. The first-order valence-corrected chi connectivity index (χ1v) is 7.95. The predicted octanol–water partition coefficient (Wildman–Crippen LogP) is 2.16. The lowest BCUT2D eigenvalue weighted by Gasteiger charge is -2.04. The highest BCUT2D eigenvalue weighted by Gasteiger charge is 2.12. The van der Waals surface area contributed by atoms with Crippen LogP contribution >= 0.6 is 0 Å². The van der Waals surface area contributed by atoms with Gasteiger partial charge in [0.05, 0.1) is 18.6 Å². The van der Waals surface area contributed by atoms with Gasteiger partial charge in [-0.2, -0.15) is 5.10 Å². The number of hydrogen-bond donors (Lipinski definition) is 1. The van der Waals surface area contributed by atoms with Crippen LogP contribution in [0.5, 0.6) is 0 Å². The highest BCUT2D eigenvalue weighted by Crippen LogP contribution is 2.11. The highest BCUT2D eigenvalue weighted by atomic mass is 16.4. The van der Waals surface area contributed by atoms with E-state index in [4.69, 9.17) is 4.42 Å². The van der Waals surface area contributed by atoms with Crippen LogP contribution in [0, 0.1) is 13.8 Å². The summed E-state index contributed by atoms with van der Waals surface area (Å²) in [5, 5.41) is 7.26. The average molecular weight is 327 g/mol. The number of furan rings is 1. The number of hydrogen-bond acceptors (Lipinski definition) is 4. The molecular weight excluding hydrogens is 306 g/mol. The number of amides is 1. The summed E-state index contributed by atoms with van der Waals surface area (Å²) in [6.07, 6.45) is 6.24. The maximum atomic E-state index is 12.1. The van der Waals surface area contributed by atoms with Crippen molar-refractivity contribution in [2.45, 2.75) is 33.4 Å². The number of nitrogens with zero attached hydrogens (tertiary/aromatic N) is 4. The van der Waals surface area contributed by atoms with E-state index in [0.29, 0.717) is 24.6 Å². The van der Waals surface area contributed by atoms with E-state index in [9.17, 15) is 4.79 Å². The lowest BCUT2D eigenvalue weighted by atomic mass is 10.3. The summed E-state index contributed by atoms with van der Waals surface area (Å²) >= 11 is 0. The minimum Gasteiger partial charge on any atom is -0.454 e. The van der Waals surface area contributed by atoms with Crippen molar-refractivity contribution in [3.63, 3.8) is 0 Å². The number of carbonyl (C=O) groups excluding carboxylic acids is 1. The third kappa shape index (κ3) is 3.92. The predicted molar refractivity (Wildman–Crippen MR) is 88.7 cm³/mol. The summed E-state index contributed by atoms with van der Waals surface area (Å²) in [5.74, 6) is 0.846. The molecule has 3 rings (SSSR count). The van der Waals surface area contributed by atoms with E-state index >= 15 is 0 Å². The molecule has 1 amide bonds. The number of imidazole rings is 1. The molecule has 1 N–H and O–H groups in total. The van der Waals surface area contributed by atoms with Crippen molar-refractivity contribution in [2.24, 2.45) is 0 Å². The molecule has 0 fully saturated rings. The van der Waals surface area contributed by atoms with Crippen LogP contribution in [0.4, 0.5) is 0 Å². The Balaban J connectivity index is 1.49. The maximum absolute atomic E-state index is 12.1. The molecule has 0 radical (unpaired) electrons. The van der Waals surface area contributed by atoms with Crippen molar-refractivity contribution in [3.05, 3.63) is 59.8 Å². The van der Waals surface area contributed by atoms with E-state index in [0.717, 1.165) is 24.4 Å². The van der Waals surface area contributed by atoms with E-state index in [1.165, 1.54) is 0 Å². The van der Waals surface area contributed by atoms with Gasteiger partial charge in [0.15, 0.2) is 5.76 Å². The van der Waals surface area contributed by atoms with Gasteiger partial charge >= 0.3 is 0 Å². The molecule has 3 heterocycles. The minimum absolute atomic E-state index is 0.194. The quantitative estimate of drug-likeness (QED) is 0.675. The second-order valence-electron chi connectivity index (χ2n) is 5.76. The molecule has 3 aromatic heterocycles. The monoisotopic (exact) mass is 327 g/mol. The Morgan fingerprint density at radius 2 is 2.21 bits per heavy atom. The number of rotatable bonds is 7. The third-order valence-corrected chi connectivity index (χ3v) is 3.73. The number of nitrogens with one attached hydrogen (secondary N) is 1. The summed E-state index contributed by atoms with van der Waals surface area (Å²) in [5.41, 5.74) is 2.03. The van der Waals surface area contributed by atoms with Gasteiger partial charge in [0, 0.05) is 31.2 Å². The molecule has 0 aliphatic heterocycles. The van der Waals surface area contributed by atoms with Gasteiger partial charge < -0.3 is 14.3 Å². The smallest absolute Gasteiger partial charge is 0.286 e. The van der Waals surface area contributed by atoms with Crippen molar-refractivity contribution in [2.75, 3.05) is 6.54 Å². The maximum Gasteiger partial charge on any atom is 0.286 e. The van der Waals surface area contributed by atoms with Gasteiger partial charge in [-0.05, 0) is 38.5 Å². The fraction of sp³-hybridized carbons (Fsp3) is 0.353. The Morgan fingerprint density at radius 3 is 2.92 bits per heavy atom. The van der Waals surface area contributed by atoms with Crippen molar-refractivity contribution in [1.82, 2.24) is 24.6 Å². The third-order valence-electron chi connectivity index (χ3n) is 3.73. The van der Waals surface area contributed by atoms with E-state index < -0.39 is 0 Å². The van der Waals surface area contributed by atoms with Crippen molar-refractivity contribution >= 4 is 5.91 Å². The Kier molecular flexibility index (Phi) is 4.79.